The summed E-state index contributed by atoms with van der Waals surface area (Å²) >= 11 is 0. The first-order valence-corrected chi connectivity index (χ1v) is 5.99. The zero-order valence-corrected chi connectivity index (χ0v) is 9.93. The molecular formula is C15H13NO2. The Bertz CT molecular complexity index is 583. The van der Waals surface area contributed by atoms with Gasteiger partial charge in [-0.1, -0.05) is 18.2 Å². The molecule has 0 amide bonds. The fourth-order valence-corrected chi connectivity index (χ4v) is 2.54. The van der Waals surface area contributed by atoms with Crippen LogP contribution < -0.4 is 4.74 Å². The minimum atomic E-state index is -0.501. The van der Waals surface area contributed by atoms with E-state index in [1.165, 1.54) is 0 Å². The molecule has 18 heavy (non-hydrogen) atoms. The predicted molar refractivity (Wildman–Crippen MR) is 66.3 cm³/mol. The lowest BCUT2D eigenvalue weighted by Gasteiger charge is -2.32. The molecule has 3 rings (SSSR count). The smallest absolute Gasteiger partial charge is 0.124 e. The van der Waals surface area contributed by atoms with Crippen LogP contribution in [0, 0.1) is 11.3 Å². The fourth-order valence-electron chi connectivity index (χ4n) is 2.54. The molecule has 3 nitrogen and oxygen atoms in total. The molecule has 0 aliphatic carbocycles. The third kappa shape index (κ3) is 1.67. The van der Waals surface area contributed by atoms with E-state index < -0.39 is 5.41 Å². The Balaban J connectivity index is 2.05. The number of benzene rings is 1. The first-order valence-electron chi connectivity index (χ1n) is 5.99. The summed E-state index contributed by atoms with van der Waals surface area (Å²) in [7, 11) is 0. The summed E-state index contributed by atoms with van der Waals surface area (Å²) in [5, 5.41) is 9.65. The van der Waals surface area contributed by atoms with E-state index >= 15 is 0 Å². The Hall–Kier alpha value is -2.21. The highest BCUT2D eigenvalue weighted by atomic mass is 16.5. The van der Waals surface area contributed by atoms with E-state index in [1.807, 2.05) is 30.3 Å². The molecule has 1 unspecified atom stereocenters. The van der Waals surface area contributed by atoms with Crippen molar-refractivity contribution in [2.45, 2.75) is 18.3 Å². The van der Waals surface area contributed by atoms with Crippen LogP contribution in [0.4, 0.5) is 0 Å². The van der Waals surface area contributed by atoms with Gasteiger partial charge < -0.3 is 9.15 Å². The molecule has 1 aliphatic heterocycles. The Kier molecular flexibility index (Phi) is 2.56. The van der Waals surface area contributed by atoms with Gasteiger partial charge in [0.2, 0.25) is 0 Å². The molecular weight excluding hydrogens is 226 g/mol. The molecule has 0 spiro atoms. The Morgan fingerprint density at radius 2 is 2.17 bits per heavy atom. The second-order valence-electron chi connectivity index (χ2n) is 4.60. The summed E-state index contributed by atoms with van der Waals surface area (Å²) in [6.45, 7) is 0.586. The van der Waals surface area contributed by atoms with E-state index in [-0.39, 0.29) is 0 Å². The standard InChI is InChI=1S/C15H13NO2/c16-11-15(9-12-5-7-17-10-12)6-8-18-14-4-2-1-3-13(14)15/h1-5,7,10H,6,8-9H2. The van der Waals surface area contributed by atoms with Crippen LogP contribution in [0.1, 0.15) is 17.5 Å². The van der Waals surface area contributed by atoms with Crippen molar-refractivity contribution in [3.8, 4) is 11.8 Å². The van der Waals surface area contributed by atoms with Gasteiger partial charge in [0.1, 0.15) is 5.75 Å². The van der Waals surface area contributed by atoms with Gasteiger partial charge in [-0.3, -0.25) is 0 Å². The summed E-state index contributed by atoms with van der Waals surface area (Å²) in [4.78, 5) is 0. The van der Waals surface area contributed by atoms with E-state index in [9.17, 15) is 5.26 Å². The highest BCUT2D eigenvalue weighted by molar-refractivity contribution is 5.46. The number of nitrogens with zero attached hydrogens (tertiary/aromatic N) is 1. The molecule has 3 heteroatoms. The van der Waals surface area contributed by atoms with Crippen molar-refractivity contribution in [2.75, 3.05) is 6.61 Å². The van der Waals surface area contributed by atoms with Crippen molar-refractivity contribution in [2.24, 2.45) is 0 Å². The quantitative estimate of drug-likeness (QED) is 0.809. The Morgan fingerprint density at radius 1 is 1.28 bits per heavy atom. The van der Waals surface area contributed by atoms with Gasteiger partial charge in [-0.25, -0.2) is 0 Å². The van der Waals surface area contributed by atoms with Crippen LogP contribution >= 0.6 is 0 Å². The molecule has 1 aromatic heterocycles. The van der Waals surface area contributed by atoms with Crippen LogP contribution in [0.15, 0.2) is 47.3 Å². The molecule has 2 heterocycles. The molecule has 0 saturated carbocycles. The molecule has 1 aromatic carbocycles. The fraction of sp³-hybridized carbons (Fsp3) is 0.267. The van der Waals surface area contributed by atoms with Gasteiger partial charge in [-0.2, -0.15) is 5.26 Å². The molecule has 1 atom stereocenters. The van der Waals surface area contributed by atoms with Gasteiger partial charge in [-0.15, -0.1) is 0 Å². The Labute approximate surface area is 106 Å². The maximum atomic E-state index is 9.65. The molecule has 2 aromatic rings. The van der Waals surface area contributed by atoms with Crippen molar-refractivity contribution < 1.29 is 9.15 Å². The lowest BCUT2D eigenvalue weighted by atomic mass is 9.73. The van der Waals surface area contributed by atoms with Crippen LogP contribution in [-0.2, 0) is 11.8 Å². The van der Waals surface area contributed by atoms with Crippen LogP contribution in [-0.4, -0.2) is 6.61 Å². The molecule has 0 fully saturated rings. The first-order chi connectivity index (χ1) is 8.84. The number of ether oxygens (including phenoxy) is 1. The average molecular weight is 239 g/mol. The van der Waals surface area contributed by atoms with E-state index in [1.54, 1.807) is 12.5 Å². The van der Waals surface area contributed by atoms with Crippen molar-refractivity contribution in [1.82, 2.24) is 0 Å². The highest BCUT2D eigenvalue weighted by Crippen LogP contribution is 2.40. The predicted octanol–water partition coefficient (Wildman–Crippen LogP) is 3.07. The largest absolute Gasteiger partial charge is 0.493 e. The van der Waals surface area contributed by atoms with Crippen LogP contribution in [0.3, 0.4) is 0 Å². The number of furan rings is 1. The van der Waals surface area contributed by atoms with Crippen LogP contribution in [0.2, 0.25) is 0 Å². The lowest BCUT2D eigenvalue weighted by molar-refractivity contribution is 0.241. The third-order valence-electron chi connectivity index (χ3n) is 3.49. The Morgan fingerprint density at radius 3 is 2.94 bits per heavy atom. The molecule has 0 saturated heterocycles. The van der Waals surface area contributed by atoms with Gasteiger partial charge in [0, 0.05) is 12.0 Å². The average Bonchev–Trinajstić information content (AvgIpc) is 2.92. The number of nitriles is 1. The number of para-hydroxylation sites is 1. The molecule has 0 radical (unpaired) electrons. The zero-order valence-electron chi connectivity index (χ0n) is 9.93. The molecule has 0 N–H and O–H groups in total. The number of hydrogen-bond acceptors (Lipinski definition) is 3. The second-order valence-corrected chi connectivity index (χ2v) is 4.60. The monoisotopic (exact) mass is 239 g/mol. The van der Waals surface area contributed by atoms with Gasteiger partial charge in [0.05, 0.1) is 30.6 Å². The van der Waals surface area contributed by atoms with Crippen molar-refractivity contribution >= 4 is 0 Å². The van der Waals surface area contributed by atoms with E-state index in [0.29, 0.717) is 19.4 Å². The van der Waals surface area contributed by atoms with Gasteiger partial charge in [0.25, 0.3) is 0 Å². The maximum Gasteiger partial charge on any atom is 0.124 e. The first kappa shape index (κ1) is 10.9. The number of fused-ring (bicyclic) bond motifs is 1. The summed E-state index contributed by atoms with van der Waals surface area (Å²) in [5.41, 5.74) is 1.53. The van der Waals surface area contributed by atoms with E-state index in [0.717, 1.165) is 16.9 Å². The van der Waals surface area contributed by atoms with Crippen molar-refractivity contribution in [1.29, 1.82) is 5.26 Å². The van der Waals surface area contributed by atoms with Crippen molar-refractivity contribution in [3.05, 3.63) is 54.0 Å². The van der Waals surface area contributed by atoms with Crippen LogP contribution in [0.25, 0.3) is 0 Å². The topological polar surface area (TPSA) is 46.2 Å². The van der Waals surface area contributed by atoms with Crippen molar-refractivity contribution in [3.63, 3.8) is 0 Å². The number of hydrogen-bond donors (Lipinski definition) is 0. The maximum absolute atomic E-state index is 9.65. The second kappa shape index (κ2) is 4.23. The number of rotatable bonds is 2. The van der Waals surface area contributed by atoms with E-state index in [4.69, 9.17) is 9.15 Å². The van der Waals surface area contributed by atoms with E-state index in [2.05, 4.69) is 6.07 Å². The normalized spacial score (nSPS) is 21.7. The van der Waals surface area contributed by atoms with Gasteiger partial charge in [-0.05, 0) is 24.1 Å². The molecule has 1 aliphatic rings. The summed E-state index contributed by atoms with van der Waals surface area (Å²) in [6.07, 6.45) is 4.73. The minimum Gasteiger partial charge on any atom is -0.493 e. The highest BCUT2D eigenvalue weighted by Gasteiger charge is 2.38. The summed E-state index contributed by atoms with van der Waals surface area (Å²) < 4.78 is 10.7. The SMILES string of the molecule is N#CC1(Cc2ccoc2)CCOc2ccccc21. The molecule has 90 valence electrons. The summed E-state index contributed by atoms with van der Waals surface area (Å²) in [5.74, 6) is 0.828. The minimum absolute atomic E-state index is 0.501. The summed E-state index contributed by atoms with van der Waals surface area (Å²) in [6, 6.07) is 12.2. The van der Waals surface area contributed by atoms with Gasteiger partial charge in [0.15, 0.2) is 0 Å². The molecule has 0 bridgehead atoms. The van der Waals surface area contributed by atoms with Crippen LogP contribution in [0.5, 0.6) is 5.75 Å². The van der Waals surface area contributed by atoms with Gasteiger partial charge >= 0.3 is 0 Å². The zero-order chi connectivity index (χ0) is 12.4. The third-order valence-corrected chi connectivity index (χ3v) is 3.49. The lowest BCUT2D eigenvalue weighted by Crippen LogP contribution is -2.33.